The van der Waals surface area contributed by atoms with Gasteiger partial charge < -0.3 is 9.63 Å². The highest BCUT2D eigenvalue weighted by Crippen LogP contribution is 2.35. The Morgan fingerprint density at radius 1 is 1.09 bits per heavy atom. The third-order valence-electron chi connectivity index (χ3n) is 3.26. The highest BCUT2D eigenvalue weighted by molar-refractivity contribution is 9.10. The molecule has 6 heteroatoms. The van der Waals surface area contributed by atoms with E-state index in [2.05, 4.69) is 21.1 Å². The Labute approximate surface area is 133 Å². The van der Waals surface area contributed by atoms with E-state index in [0.717, 1.165) is 22.2 Å². The minimum absolute atomic E-state index is 0.215. The molecule has 0 spiro atoms. The second-order valence-electron chi connectivity index (χ2n) is 4.61. The Morgan fingerprint density at radius 2 is 1.86 bits per heavy atom. The molecule has 0 bridgehead atoms. The van der Waals surface area contributed by atoms with Crippen LogP contribution in [0.4, 0.5) is 8.78 Å². The molecule has 1 aromatic heterocycles. The summed E-state index contributed by atoms with van der Waals surface area (Å²) in [7, 11) is 0. The third kappa shape index (κ3) is 2.55. The zero-order valence-corrected chi connectivity index (χ0v) is 12.8. The van der Waals surface area contributed by atoms with E-state index >= 15 is 0 Å². The van der Waals surface area contributed by atoms with Crippen molar-refractivity contribution in [3.05, 3.63) is 64.1 Å². The molecule has 0 aliphatic carbocycles. The van der Waals surface area contributed by atoms with Crippen LogP contribution in [-0.4, -0.2) is 10.3 Å². The van der Waals surface area contributed by atoms with E-state index in [1.807, 2.05) is 24.3 Å². The lowest BCUT2D eigenvalue weighted by Crippen LogP contribution is -1.91. The summed E-state index contributed by atoms with van der Waals surface area (Å²) < 4.78 is 32.5. The number of aliphatic hydroxyl groups excluding tert-OH is 1. The Kier molecular flexibility index (Phi) is 4.04. The summed E-state index contributed by atoms with van der Waals surface area (Å²) in [4.78, 5) is 0. The van der Waals surface area contributed by atoms with Gasteiger partial charge in [0.25, 0.3) is 0 Å². The fourth-order valence-corrected chi connectivity index (χ4v) is 2.66. The van der Waals surface area contributed by atoms with Gasteiger partial charge in [-0.25, -0.2) is 8.78 Å². The number of halogens is 3. The SMILES string of the molecule is OCc1c(-c2ccccc2Br)noc1-c1ccc(F)c(F)c1. The third-order valence-corrected chi connectivity index (χ3v) is 3.95. The molecule has 3 aromatic rings. The van der Waals surface area contributed by atoms with Gasteiger partial charge in [0.15, 0.2) is 17.4 Å². The van der Waals surface area contributed by atoms with Gasteiger partial charge in [-0.05, 0) is 24.3 Å². The Bertz CT molecular complexity index is 833. The molecule has 0 amide bonds. The molecule has 0 fully saturated rings. The maximum absolute atomic E-state index is 13.4. The standard InChI is InChI=1S/C16H10BrF2NO2/c17-12-4-2-1-3-10(12)15-11(8-21)16(22-20-15)9-5-6-13(18)14(19)7-9/h1-7,21H,8H2. The summed E-state index contributed by atoms with van der Waals surface area (Å²) >= 11 is 3.41. The van der Waals surface area contributed by atoms with E-state index in [0.29, 0.717) is 16.8 Å². The predicted octanol–water partition coefficient (Wildman–Crippen LogP) is 4.54. The lowest BCUT2D eigenvalue weighted by Gasteiger charge is -2.03. The smallest absolute Gasteiger partial charge is 0.173 e. The number of aliphatic hydroxyl groups is 1. The van der Waals surface area contributed by atoms with Gasteiger partial charge in [-0.2, -0.15) is 0 Å². The highest BCUT2D eigenvalue weighted by atomic mass is 79.9. The summed E-state index contributed by atoms with van der Waals surface area (Å²) in [6.07, 6.45) is 0. The van der Waals surface area contributed by atoms with Crippen molar-refractivity contribution < 1.29 is 18.4 Å². The molecule has 2 aromatic carbocycles. The van der Waals surface area contributed by atoms with Crippen LogP contribution in [0.3, 0.4) is 0 Å². The summed E-state index contributed by atoms with van der Waals surface area (Å²) in [5, 5.41) is 13.6. The van der Waals surface area contributed by atoms with Crippen LogP contribution in [0, 0.1) is 11.6 Å². The van der Waals surface area contributed by atoms with Gasteiger partial charge in [0, 0.05) is 15.6 Å². The van der Waals surface area contributed by atoms with Crippen molar-refractivity contribution in [1.29, 1.82) is 0 Å². The summed E-state index contributed by atoms with van der Waals surface area (Å²) in [6.45, 7) is -0.339. The largest absolute Gasteiger partial charge is 0.391 e. The van der Waals surface area contributed by atoms with E-state index in [-0.39, 0.29) is 12.4 Å². The summed E-state index contributed by atoms with van der Waals surface area (Å²) in [6, 6.07) is 10.7. The van der Waals surface area contributed by atoms with Crippen LogP contribution in [0.15, 0.2) is 51.5 Å². The van der Waals surface area contributed by atoms with Crippen molar-refractivity contribution in [1.82, 2.24) is 5.16 Å². The first-order valence-corrected chi connectivity index (χ1v) is 7.21. The van der Waals surface area contributed by atoms with Crippen molar-refractivity contribution in [2.75, 3.05) is 0 Å². The molecule has 0 saturated heterocycles. The molecule has 0 radical (unpaired) electrons. The molecular weight excluding hydrogens is 356 g/mol. The quantitative estimate of drug-likeness (QED) is 0.740. The van der Waals surface area contributed by atoms with E-state index < -0.39 is 11.6 Å². The van der Waals surface area contributed by atoms with Crippen molar-refractivity contribution in [3.63, 3.8) is 0 Å². The highest BCUT2D eigenvalue weighted by Gasteiger charge is 2.20. The molecule has 3 nitrogen and oxygen atoms in total. The van der Waals surface area contributed by atoms with E-state index in [1.165, 1.54) is 6.07 Å². The summed E-state index contributed by atoms with van der Waals surface area (Å²) in [5.74, 6) is -1.72. The molecule has 0 aliphatic rings. The first-order chi connectivity index (χ1) is 10.6. The minimum Gasteiger partial charge on any atom is -0.391 e. The van der Waals surface area contributed by atoms with Crippen LogP contribution in [0.1, 0.15) is 5.56 Å². The molecule has 112 valence electrons. The molecule has 1 heterocycles. The molecule has 0 saturated carbocycles. The number of hydrogen-bond donors (Lipinski definition) is 1. The Hall–Kier alpha value is -2.05. The van der Waals surface area contributed by atoms with Crippen LogP contribution >= 0.6 is 15.9 Å². The topological polar surface area (TPSA) is 46.3 Å². The van der Waals surface area contributed by atoms with Crippen molar-refractivity contribution in [3.8, 4) is 22.6 Å². The van der Waals surface area contributed by atoms with E-state index in [1.54, 1.807) is 0 Å². The van der Waals surface area contributed by atoms with Gasteiger partial charge in [0.05, 0.1) is 12.2 Å². The maximum atomic E-state index is 13.4. The van der Waals surface area contributed by atoms with Crippen LogP contribution in [0.2, 0.25) is 0 Å². The first kappa shape index (κ1) is 14.9. The molecule has 1 N–H and O–H groups in total. The van der Waals surface area contributed by atoms with Gasteiger partial charge >= 0.3 is 0 Å². The lowest BCUT2D eigenvalue weighted by atomic mass is 10.0. The van der Waals surface area contributed by atoms with Crippen LogP contribution in [0.5, 0.6) is 0 Å². The van der Waals surface area contributed by atoms with Gasteiger partial charge in [-0.15, -0.1) is 0 Å². The molecule has 22 heavy (non-hydrogen) atoms. The number of hydrogen-bond acceptors (Lipinski definition) is 3. The number of rotatable bonds is 3. The Morgan fingerprint density at radius 3 is 2.55 bits per heavy atom. The zero-order chi connectivity index (χ0) is 15.7. The predicted molar refractivity (Wildman–Crippen MR) is 80.9 cm³/mol. The fourth-order valence-electron chi connectivity index (χ4n) is 2.18. The second kappa shape index (κ2) is 5.98. The first-order valence-electron chi connectivity index (χ1n) is 6.41. The molecule has 0 atom stereocenters. The number of benzene rings is 2. The van der Waals surface area contributed by atoms with Crippen LogP contribution < -0.4 is 0 Å². The monoisotopic (exact) mass is 365 g/mol. The number of aromatic nitrogens is 1. The lowest BCUT2D eigenvalue weighted by molar-refractivity contribution is 0.281. The van der Waals surface area contributed by atoms with E-state index in [4.69, 9.17) is 4.52 Å². The van der Waals surface area contributed by atoms with Crippen LogP contribution in [0.25, 0.3) is 22.6 Å². The molecular formula is C16H10BrF2NO2. The molecule has 0 unspecified atom stereocenters. The maximum Gasteiger partial charge on any atom is 0.173 e. The fraction of sp³-hybridized carbons (Fsp3) is 0.0625. The average Bonchev–Trinajstić information content (AvgIpc) is 2.94. The average molecular weight is 366 g/mol. The van der Waals surface area contributed by atoms with Gasteiger partial charge in [0.2, 0.25) is 0 Å². The Balaban J connectivity index is 2.15. The van der Waals surface area contributed by atoms with Crippen molar-refractivity contribution >= 4 is 15.9 Å². The molecule has 3 rings (SSSR count). The van der Waals surface area contributed by atoms with Gasteiger partial charge in [0.1, 0.15) is 5.69 Å². The van der Waals surface area contributed by atoms with Gasteiger partial charge in [-0.3, -0.25) is 0 Å². The van der Waals surface area contributed by atoms with Crippen molar-refractivity contribution in [2.24, 2.45) is 0 Å². The van der Waals surface area contributed by atoms with Crippen LogP contribution in [-0.2, 0) is 6.61 Å². The minimum atomic E-state index is -0.986. The number of nitrogens with zero attached hydrogens (tertiary/aromatic N) is 1. The van der Waals surface area contributed by atoms with Crippen molar-refractivity contribution in [2.45, 2.75) is 6.61 Å². The summed E-state index contributed by atoms with van der Waals surface area (Å²) in [5.41, 5.74) is 1.92. The molecule has 0 aliphatic heterocycles. The van der Waals surface area contributed by atoms with Gasteiger partial charge in [-0.1, -0.05) is 39.3 Å². The zero-order valence-electron chi connectivity index (χ0n) is 11.2. The van der Waals surface area contributed by atoms with E-state index in [9.17, 15) is 13.9 Å². The normalized spacial score (nSPS) is 10.9. The second-order valence-corrected chi connectivity index (χ2v) is 5.46.